The summed E-state index contributed by atoms with van der Waals surface area (Å²) in [6, 6.07) is 33.2. The molecule has 0 spiro atoms. The van der Waals surface area contributed by atoms with Gasteiger partial charge in [0.2, 0.25) is 0 Å². The number of nitrogens with zero attached hydrogens (tertiary/aromatic N) is 1. The molecule has 0 amide bonds. The zero-order chi connectivity index (χ0) is 23.1. The van der Waals surface area contributed by atoms with E-state index in [0.717, 1.165) is 11.2 Å². The summed E-state index contributed by atoms with van der Waals surface area (Å²) < 4.78 is 8.97. The van der Waals surface area contributed by atoms with Crippen molar-refractivity contribution in [3.8, 4) is 11.1 Å². The number of hydrogen-bond acceptors (Lipinski definition) is 1. The maximum absolute atomic E-state index is 6.48. The maximum atomic E-state index is 6.48. The summed E-state index contributed by atoms with van der Waals surface area (Å²) in [4.78, 5) is 0. The van der Waals surface area contributed by atoms with Gasteiger partial charge in [0, 0.05) is 37.7 Å². The molecule has 35 heavy (non-hydrogen) atoms. The van der Waals surface area contributed by atoms with Gasteiger partial charge < -0.3 is 8.82 Å². The molecule has 3 aromatic heterocycles. The summed E-state index contributed by atoms with van der Waals surface area (Å²) in [6.45, 7) is 4.71. The second-order valence-corrected chi connectivity index (χ2v) is 10.5. The van der Waals surface area contributed by atoms with Gasteiger partial charge in [-0.05, 0) is 46.5 Å². The quantitative estimate of drug-likeness (QED) is 0.227. The average Bonchev–Trinajstić information content (AvgIpc) is 3.58. The first-order valence-electron chi connectivity index (χ1n) is 12.3. The molecule has 8 aromatic rings. The average molecular weight is 448 g/mol. The number of aromatic nitrogens is 1. The Kier molecular flexibility index (Phi) is 2.93. The fraction of sp³-hybridized carbons (Fsp3) is 0.0909. The Bertz CT molecular complexity index is 2190. The molecule has 0 aliphatic heterocycles. The molecule has 164 valence electrons. The minimum Gasteiger partial charge on any atom is -0.456 e. The highest BCUT2D eigenvalue weighted by atomic mass is 16.3. The monoisotopic (exact) mass is 447 g/mol. The SMILES string of the molecule is CC1(C)c2ccccc2-c2c1ccc1c2c2cc3oc4ccccc4c3c3c4ccccc4n1c23. The highest BCUT2D eigenvalue weighted by molar-refractivity contribution is 6.36. The molecule has 3 heterocycles. The van der Waals surface area contributed by atoms with E-state index < -0.39 is 0 Å². The van der Waals surface area contributed by atoms with Crippen LogP contribution >= 0.6 is 0 Å². The van der Waals surface area contributed by atoms with Gasteiger partial charge in [0.15, 0.2) is 0 Å². The van der Waals surface area contributed by atoms with Gasteiger partial charge >= 0.3 is 0 Å². The van der Waals surface area contributed by atoms with Gasteiger partial charge in [0.05, 0.1) is 16.6 Å². The molecule has 2 nitrogen and oxygen atoms in total. The van der Waals surface area contributed by atoms with E-state index >= 15 is 0 Å². The van der Waals surface area contributed by atoms with Crippen LogP contribution in [0.25, 0.3) is 71.2 Å². The molecule has 2 heteroatoms. The van der Waals surface area contributed by atoms with Crippen molar-refractivity contribution in [1.82, 2.24) is 4.40 Å². The summed E-state index contributed by atoms with van der Waals surface area (Å²) in [5, 5.41) is 7.61. The maximum Gasteiger partial charge on any atom is 0.136 e. The second kappa shape index (κ2) is 5.67. The van der Waals surface area contributed by atoms with Crippen LogP contribution in [0.5, 0.6) is 0 Å². The van der Waals surface area contributed by atoms with E-state index in [1.165, 1.54) is 71.1 Å². The molecule has 0 N–H and O–H groups in total. The fourth-order valence-corrected chi connectivity index (χ4v) is 7.05. The molecule has 0 saturated heterocycles. The van der Waals surface area contributed by atoms with Gasteiger partial charge in [-0.2, -0.15) is 0 Å². The lowest BCUT2D eigenvalue weighted by Crippen LogP contribution is -2.14. The Hall–Kier alpha value is -4.30. The molecule has 0 radical (unpaired) electrons. The first-order chi connectivity index (χ1) is 17.1. The fourth-order valence-electron chi connectivity index (χ4n) is 7.05. The second-order valence-electron chi connectivity index (χ2n) is 10.5. The third kappa shape index (κ3) is 1.89. The predicted octanol–water partition coefficient (Wildman–Crippen LogP) is 9.04. The number of rotatable bonds is 0. The molecule has 9 rings (SSSR count). The normalized spacial score (nSPS) is 14.8. The number of benzene rings is 5. The van der Waals surface area contributed by atoms with Gasteiger partial charge in [-0.15, -0.1) is 0 Å². The van der Waals surface area contributed by atoms with Crippen molar-refractivity contribution in [2.75, 3.05) is 0 Å². The molecule has 0 saturated carbocycles. The highest BCUT2D eigenvalue weighted by Crippen LogP contribution is 2.54. The van der Waals surface area contributed by atoms with Crippen LogP contribution in [0, 0.1) is 0 Å². The van der Waals surface area contributed by atoms with Gasteiger partial charge in [0.1, 0.15) is 11.2 Å². The zero-order valence-electron chi connectivity index (χ0n) is 19.5. The molecular formula is C33H21NO. The topological polar surface area (TPSA) is 17.6 Å². The molecule has 5 aromatic carbocycles. The van der Waals surface area contributed by atoms with Crippen molar-refractivity contribution < 1.29 is 4.42 Å². The summed E-state index contributed by atoms with van der Waals surface area (Å²) in [5.41, 5.74) is 11.3. The highest BCUT2D eigenvalue weighted by Gasteiger charge is 2.37. The van der Waals surface area contributed by atoms with Crippen LogP contribution in [0.3, 0.4) is 0 Å². The summed E-state index contributed by atoms with van der Waals surface area (Å²) in [5.74, 6) is 0. The summed E-state index contributed by atoms with van der Waals surface area (Å²) in [6.07, 6.45) is 0. The van der Waals surface area contributed by atoms with Crippen molar-refractivity contribution in [2.24, 2.45) is 0 Å². The van der Waals surface area contributed by atoms with Gasteiger partial charge in [-0.25, -0.2) is 0 Å². The first-order valence-corrected chi connectivity index (χ1v) is 12.3. The third-order valence-corrected chi connectivity index (χ3v) is 8.51. The van der Waals surface area contributed by atoms with Crippen LogP contribution in [-0.4, -0.2) is 4.40 Å². The summed E-state index contributed by atoms with van der Waals surface area (Å²) in [7, 11) is 0. The lowest BCUT2D eigenvalue weighted by Gasteiger charge is -2.21. The van der Waals surface area contributed by atoms with E-state index in [0.29, 0.717) is 0 Å². The van der Waals surface area contributed by atoms with Crippen molar-refractivity contribution in [3.63, 3.8) is 0 Å². The third-order valence-electron chi connectivity index (χ3n) is 8.51. The minimum atomic E-state index is -0.0249. The van der Waals surface area contributed by atoms with Crippen LogP contribution in [0.15, 0.2) is 95.4 Å². The molecule has 0 unspecified atom stereocenters. The number of para-hydroxylation sites is 2. The van der Waals surface area contributed by atoms with Crippen LogP contribution in [0.2, 0.25) is 0 Å². The standard InChI is InChI=1S/C33H21NO/c1-33(2)22-12-6-3-9-18(22)28-23(33)15-16-25-29(28)21-17-27-30(20-11-5-8-14-26(20)35-27)31-19-10-4-7-13-24(19)34(25)32(21)31/h3-17H,1-2H3. The van der Waals surface area contributed by atoms with Gasteiger partial charge in [-0.1, -0.05) is 80.6 Å². The first kappa shape index (κ1) is 18.1. The van der Waals surface area contributed by atoms with Crippen molar-refractivity contribution in [2.45, 2.75) is 19.3 Å². The van der Waals surface area contributed by atoms with Gasteiger partial charge in [-0.3, -0.25) is 0 Å². The molecular weight excluding hydrogens is 426 g/mol. The Balaban J connectivity index is 1.64. The van der Waals surface area contributed by atoms with E-state index in [1.54, 1.807) is 0 Å². The van der Waals surface area contributed by atoms with E-state index in [4.69, 9.17) is 4.42 Å². The summed E-state index contributed by atoms with van der Waals surface area (Å²) >= 11 is 0. The van der Waals surface area contributed by atoms with Crippen LogP contribution < -0.4 is 0 Å². The van der Waals surface area contributed by atoms with E-state index in [2.05, 4.69) is 109 Å². The molecule has 0 atom stereocenters. The van der Waals surface area contributed by atoms with Crippen molar-refractivity contribution in [1.29, 1.82) is 0 Å². The van der Waals surface area contributed by atoms with E-state index in [1.807, 2.05) is 0 Å². The lowest BCUT2D eigenvalue weighted by atomic mass is 9.82. The minimum absolute atomic E-state index is 0.0249. The van der Waals surface area contributed by atoms with Crippen LogP contribution in [0.1, 0.15) is 25.0 Å². The van der Waals surface area contributed by atoms with Crippen molar-refractivity contribution >= 4 is 60.0 Å². The zero-order valence-corrected chi connectivity index (χ0v) is 19.5. The molecule has 1 aliphatic carbocycles. The van der Waals surface area contributed by atoms with Gasteiger partial charge in [0.25, 0.3) is 0 Å². The molecule has 1 aliphatic rings. The molecule has 0 bridgehead atoms. The van der Waals surface area contributed by atoms with Crippen LogP contribution in [-0.2, 0) is 5.41 Å². The largest absolute Gasteiger partial charge is 0.456 e. The van der Waals surface area contributed by atoms with Crippen LogP contribution in [0.4, 0.5) is 0 Å². The number of furan rings is 1. The number of hydrogen-bond donors (Lipinski definition) is 0. The molecule has 0 fully saturated rings. The Morgan fingerprint density at radius 1 is 0.600 bits per heavy atom. The predicted molar refractivity (Wildman–Crippen MR) is 146 cm³/mol. The van der Waals surface area contributed by atoms with E-state index in [-0.39, 0.29) is 5.41 Å². The number of fused-ring (bicyclic) bond motifs is 14. The Morgan fingerprint density at radius 2 is 1.37 bits per heavy atom. The van der Waals surface area contributed by atoms with E-state index in [9.17, 15) is 0 Å². The Morgan fingerprint density at radius 3 is 2.29 bits per heavy atom. The lowest BCUT2D eigenvalue weighted by molar-refractivity contribution is 0.661. The van der Waals surface area contributed by atoms with Crippen molar-refractivity contribution in [3.05, 3.63) is 102 Å². The Labute approximate surface area is 201 Å². The smallest absolute Gasteiger partial charge is 0.136 e.